The summed E-state index contributed by atoms with van der Waals surface area (Å²) in [5, 5.41) is 9.86. The van der Waals surface area contributed by atoms with Crippen LogP contribution in [0.4, 0.5) is 10.5 Å². The standard InChI is InChI=1S/C22H25ClN4O2/c1-14(2)12-26-21(28)18-8-7-16(11-19(18)23)27-22(29)24-10-9-15-13-25-20-6-4-3-5-17(15)20/h3-8,11,13-14,25H,9-10,12H2,1-2H3,(H,26,28)(H2,24,27,29). The maximum absolute atomic E-state index is 12.2. The number of fused-ring (bicyclic) bond motifs is 1. The molecule has 0 atom stereocenters. The number of aromatic amines is 1. The molecule has 3 aromatic rings. The zero-order chi connectivity index (χ0) is 20.8. The second-order valence-electron chi connectivity index (χ2n) is 7.29. The van der Waals surface area contributed by atoms with Crippen molar-refractivity contribution >= 4 is 40.1 Å². The molecule has 1 aromatic heterocycles. The number of amides is 3. The van der Waals surface area contributed by atoms with Crippen molar-refractivity contribution in [3.05, 3.63) is 64.8 Å². The van der Waals surface area contributed by atoms with Gasteiger partial charge in [0.2, 0.25) is 0 Å². The van der Waals surface area contributed by atoms with E-state index in [0.717, 1.165) is 16.5 Å². The number of benzene rings is 2. The van der Waals surface area contributed by atoms with Gasteiger partial charge in [-0.15, -0.1) is 0 Å². The fourth-order valence-electron chi connectivity index (χ4n) is 2.99. The number of carbonyl (C=O) groups is 2. The van der Waals surface area contributed by atoms with E-state index in [0.29, 0.717) is 41.7 Å². The quantitative estimate of drug-likeness (QED) is 0.458. The molecule has 3 amide bonds. The minimum atomic E-state index is -0.321. The minimum absolute atomic E-state index is 0.224. The molecular formula is C22H25ClN4O2. The lowest BCUT2D eigenvalue weighted by molar-refractivity contribution is 0.0949. The van der Waals surface area contributed by atoms with Crippen molar-refractivity contribution in [1.29, 1.82) is 0 Å². The van der Waals surface area contributed by atoms with Gasteiger partial charge in [-0.2, -0.15) is 0 Å². The largest absolute Gasteiger partial charge is 0.361 e. The summed E-state index contributed by atoms with van der Waals surface area (Å²) in [6.45, 7) is 5.11. The van der Waals surface area contributed by atoms with Crippen LogP contribution >= 0.6 is 11.6 Å². The van der Waals surface area contributed by atoms with Crippen LogP contribution in [0, 0.1) is 5.92 Å². The van der Waals surface area contributed by atoms with Gasteiger partial charge in [-0.3, -0.25) is 4.79 Å². The van der Waals surface area contributed by atoms with E-state index in [1.54, 1.807) is 18.2 Å². The highest BCUT2D eigenvalue weighted by Gasteiger charge is 2.12. The third kappa shape index (κ3) is 5.51. The van der Waals surface area contributed by atoms with Crippen molar-refractivity contribution in [1.82, 2.24) is 15.6 Å². The zero-order valence-corrected chi connectivity index (χ0v) is 17.3. The van der Waals surface area contributed by atoms with Crippen molar-refractivity contribution in [2.75, 3.05) is 18.4 Å². The van der Waals surface area contributed by atoms with E-state index in [-0.39, 0.29) is 11.9 Å². The molecule has 4 N–H and O–H groups in total. The average Bonchev–Trinajstić information content (AvgIpc) is 3.09. The van der Waals surface area contributed by atoms with Gasteiger partial charge >= 0.3 is 6.03 Å². The Morgan fingerprint density at radius 3 is 2.66 bits per heavy atom. The summed E-state index contributed by atoms with van der Waals surface area (Å²) >= 11 is 6.21. The number of halogens is 1. The number of anilines is 1. The van der Waals surface area contributed by atoms with E-state index in [9.17, 15) is 9.59 Å². The number of urea groups is 1. The number of aromatic nitrogens is 1. The van der Waals surface area contributed by atoms with Gasteiger partial charge in [-0.25, -0.2) is 4.79 Å². The summed E-state index contributed by atoms with van der Waals surface area (Å²) < 4.78 is 0. The molecule has 7 heteroatoms. The number of hydrogen-bond donors (Lipinski definition) is 4. The molecule has 3 rings (SSSR count). The summed E-state index contributed by atoms with van der Waals surface area (Å²) in [6, 6.07) is 12.6. The lowest BCUT2D eigenvalue weighted by Crippen LogP contribution is -2.30. The maximum Gasteiger partial charge on any atom is 0.319 e. The van der Waals surface area contributed by atoms with Crippen molar-refractivity contribution in [3.8, 4) is 0 Å². The Labute approximate surface area is 175 Å². The highest BCUT2D eigenvalue weighted by Crippen LogP contribution is 2.21. The molecule has 0 aliphatic heterocycles. The summed E-state index contributed by atoms with van der Waals surface area (Å²) in [5.41, 5.74) is 3.15. The van der Waals surface area contributed by atoms with Gasteiger partial charge in [0.25, 0.3) is 5.91 Å². The first kappa shape index (κ1) is 20.7. The number of nitrogens with one attached hydrogen (secondary N) is 4. The lowest BCUT2D eigenvalue weighted by atomic mass is 10.1. The molecular weight excluding hydrogens is 388 g/mol. The van der Waals surface area contributed by atoms with E-state index < -0.39 is 0 Å². The fourth-order valence-corrected chi connectivity index (χ4v) is 3.26. The number of rotatable bonds is 7. The molecule has 1 heterocycles. The number of H-pyrrole nitrogens is 1. The third-order valence-electron chi connectivity index (χ3n) is 4.50. The highest BCUT2D eigenvalue weighted by molar-refractivity contribution is 6.34. The number of hydrogen-bond acceptors (Lipinski definition) is 2. The predicted octanol–water partition coefficient (Wildman–Crippen LogP) is 4.57. The molecule has 0 spiro atoms. The first-order chi connectivity index (χ1) is 13.9. The van der Waals surface area contributed by atoms with E-state index in [1.165, 1.54) is 0 Å². The molecule has 29 heavy (non-hydrogen) atoms. The minimum Gasteiger partial charge on any atom is -0.361 e. The Morgan fingerprint density at radius 1 is 1.10 bits per heavy atom. The number of para-hydroxylation sites is 1. The Balaban J connectivity index is 1.51. The van der Waals surface area contributed by atoms with Gasteiger partial charge in [0.05, 0.1) is 10.6 Å². The molecule has 0 aliphatic carbocycles. The molecule has 0 fully saturated rings. The zero-order valence-electron chi connectivity index (χ0n) is 16.5. The molecule has 0 saturated heterocycles. The Morgan fingerprint density at radius 2 is 1.90 bits per heavy atom. The van der Waals surface area contributed by atoms with Gasteiger partial charge in [-0.05, 0) is 42.2 Å². The van der Waals surface area contributed by atoms with Crippen LogP contribution in [0.3, 0.4) is 0 Å². The van der Waals surface area contributed by atoms with Crippen molar-refractivity contribution < 1.29 is 9.59 Å². The van der Waals surface area contributed by atoms with Crippen LogP contribution in [0.25, 0.3) is 10.9 Å². The average molecular weight is 413 g/mol. The summed E-state index contributed by atoms with van der Waals surface area (Å²) in [7, 11) is 0. The van der Waals surface area contributed by atoms with Crippen molar-refractivity contribution in [2.45, 2.75) is 20.3 Å². The molecule has 0 unspecified atom stereocenters. The normalized spacial score (nSPS) is 10.9. The summed E-state index contributed by atoms with van der Waals surface area (Å²) in [5.74, 6) is 0.130. The van der Waals surface area contributed by atoms with Gasteiger partial charge < -0.3 is 20.9 Å². The van der Waals surface area contributed by atoms with Crippen LogP contribution in [-0.2, 0) is 6.42 Å². The first-order valence-electron chi connectivity index (χ1n) is 9.61. The van der Waals surface area contributed by atoms with Gasteiger partial charge in [0.15, 0.2) is 0 Å². The van der Waals surface area contributed by atoms with Gasteiger partial charge in [0.1, 0.15) is 0 Å². The Hall–Kier alpha value is -2.99. The monoisotopic (exact) mass is 412 g/mol. The van der Waals surface area contributed by atoms with E-state index in [4.69, 9.17) is 11.6 Å². The Bertz CT molecular complexity index is 1010. The highest BCUT2D eigenvalue weighted by atomic mass is 35.5. The van der Waals surface area contributed by atoms with E-state index >= 15 is 0 Å². The molecule has 6 nitrogen and oxygen atoms in total. The predicted molar refractivity (Wildman–Crippen MR) is 118 cm³/mol. The van der Waals surface area contributed by atoms with Crippen molar-refractivity contribution in [2.24, 2.45) is 5.92 Å². The summed E-state index contributed by atoms with van der Waals surface area (Å²) in [6.07, 6.45) is 2.68. The number of carbonyl (C=O) groups excluding carboxylic acids is 2. The molecule has 0 aliphatic rings. The summed E-state index contributed by atoms with van der Waals surface area (Å²) in [4.78, 5) is 27.5. The van der Waals surface area contributed by atoms with Gasteiger partial charge in [-0.1, -0.05) is 43.6 Å². The molecule has 0 bridgehead atoms. The molecule has 152 valence electrons. The smallest absolute Gasteiger partial charge is 0.319 e. The van der Waals surface area contributed by atoms with Crippen LogP contribution < -0.4 is 16.0 Å². The fraction of sp³-hybridized carbons (Fsp3) is 0.273. The van der Waals surface area contributed by atoms with Crippen LogP contribution in [0.2, 0.25) is 5.02 Å². The second kappa shape index (κ2) is 9.47. The van der Waals surface area contributed by atoms with Crippen molar-refractivity contribution in [3.63, 3.8) is 0 Å². The van der Waals surface area contributed by atoms with E-state index in [1.807, 2.05) is 38.2 Å². The second-order valence-corrected chi connectivity index (χ2v) is 7.70. The molecule has 0 saturated carbocycles. The van der Waals surface area contributed by atoms with Gasteiger partial charge in [0, 0.05) is 35.9 Å². The first-order valence-corrected chi connectivity index (χ1v) is 9.99. The topological polar surface area (TPSA) is 86.0 Å². The van der Waals surface area contributed by atoms with Crippen LogP contribution in [0.5, 0.6) is 0 Å². The molecule has 2 aromatic carbocycles. The SMILES string of the molecule is CC(C)CNC(=O)c1ccc(NC(=O)NCCc2c[nH]c3ccccc23)cc1Cl. The third-order valence-corrected chi connectivity index (χ3v) is 4.81. The Kier molecular flexibility index (Phi) is 6.77. The maximum atomic E-state index is 12.2. The van der Waals surface area contributed by atoms with E-state index in [2.05, 4.69) is 27.0 Å². The lowest BCUT2D eigenvalue weighted by Gasteiger charge is -2.11. The molecule has 0 radical (unpaired) electrons. The van der Waals surface area contributed by atoms with Crippen LogP contribution in [0.1, 0.15) is 29.8 Å². The van der Waals surface area contributed by atoms with Crippen LogP contribution in [0.15, 0.2) is 48.7 Å². The van der Waals surface area contributed by atoms with Crippen LogP contribution in [-0.4, -0.2) is 30.0 Å².